The third-order valence-electron chi connectivity index (χ3n) is 10.5. The molecule has 2 saturated carbocycles. The van der Waals surface area contributed by atoms with Crippen LogP contribution in [0.25, 0.3) is 0 Å². The third-order valence-corrected chi connectivity index (χ3v) is 11.4. The van der Waals surface area contributed by atoms with Crippen LogP contribution in [0.15, 0.2) is 41.8 Å². The molecular weight excluding hydrogens is 629 g/mol. The average Bonchev–Trinajstić information content (AvgIpc) is 3.82. The molecule has 2 aliphatic heterocycles. The number of carbonyl (C=O) groups is 5. The Bertz CT molecular complexity index is 1610. The number of ketones is 1. The van der Waals surface area contributed by atoms with Crippen LogP contribution in [-0.4, -0.2) is 64.0 Å². The Kier molecular flexibility index (Phi) is 9.74. The number of hydrogen-bond donors (Lipinski definition) is 4. The summed E-state index contributed by atoms with van der Waals surface area (Å²) >= 11 is 1.47. The van der Waals surface area contributed by atoms with E-state index in [1.165, 1.54) is 11.3 Å². The maximum Gasteiger partial charge on any atom is 0.294 e. The quantitative estimate of drug-likeness (QED) is 0.237. The summed E-state index contributed by atoms with van der Waals surface area (Å²) in [7, 11) is 0. The number of hydrogen-bond acceptors (Lipinski definition) is 8. The highest BCUT2D eigenvalue weighted by Crippen LogP contribution is 2.81. The summed E-state index contributed by atoms with van der Waals surface area (Å²) in [6, 6.07) is 4.27. The number of nitrogens with one attached hydrogen (secondary N) is 4. The van der Waals surface area contributed by atoms with Crippen LogP contribution in [0.3, 0.4) is 0 Å². The molecule has 4 amide bonds. The van der Waals surface area contributed by atoms with Gasteiger partial charge >= 0.3 is 0 Å². The molecule has 3 heterocycles. The second-order valence-corrected chi connectivity index (χ2v) is 15.1. The van der Waals surface area contributed by atoms with Crippen LogP contribution in [0.1, 0.15) is 84.3 Å². The molecule has 256 valence electrons. The van der Waals surface area contributed by atoms with Crippen molar-refractivity contribution in [1.82, 2.24) is 15.2 Å². The average molecular weight is 675 g/mol. The number of fused-ring (bicyclic) bond motifs is 2. The molecule has 2 spiro atoms. The van der Waals surface area contributed by atoms with E-state index in [2.05, 4.69) is 26.3 Å². The van der Waals surface area contributed by atoms with Gasteiger partial charge in [0.15, 0.2) is 5.13 Å². The number of likely N-dealkylation sites (tertiary alicyclic amines) is 1. The van der Waals surface area contributed by atoms with Gasteiger partial charge in [-0.1, -0.05) is 45.1 Å². The minimum absolute atomic E-state index is 0.0623. The van der Waals surface area contributed by atoms with E-state index in [-0.39, 0.29) is 35.0 Å². The predicted molar refractivity (Wildman–Crippen MR) is 185 cm³/mol. The molecule has 12 heteroatoms. The summed E-state index contributed by atoms with van der Waals surface area (Å²) in [5, 5.41) is 14.4. The van der Waals surface area contributed by atoms with Gasteiger partial charge in [0, 0.05) is 18.3 Å². The second-order valence-electron chi connectivity index (χ2n) is 14.2. The van der Waals surface area contributed by atoms with E-state index in [4.69, 9.17) is 0 Å². The molecule has 0 bridgehead atoms. The standard InChI is InChI=1S/C36H46N6O5S/c1-4-23-19-48-34(37-23)41-29(22(2)3)33(47)42-21-36(20-35(36)16-17-35)18-27(42)31(45)40-26-14-8-6-5-7-9-15-28(43)38-24-12-10-11-13-25(24)39-32(46)30(26)44/h6,8,10-13,19,22,26-27,29H,4-5,7,9,14-18,20-21H2,1-3H3,(H,37,41)(H,38,43)(H,39,46)(H,40,45)/b8-6+/t26-,27+,29?,36?/m1/s1. The fraction of sp³-hybridized carbons (Fsp3) is 0.556. The Morgan fingerprint density at radius 3 is 2.48 bits per heavy atom. The number of amides is 4. The van der Waals surface area contributed by atoms with Crippen LogP contribution in [-0.2, 0) is 30.4 Å². The molecule has 11 nitrogen and oxygen atoms in total. The maximum absolute atomic E-state index is 14.3. The summed E-state index contributed by atoms with van der Waals surface area (Å²) in [5.41, 5.74) is 1.80. The summed E-state index contributed by atoms with van der Waals surface area (Å²) in [6.07, 6.45) is 10.9. The largest absolute Gasteiger partial charge is 0.350 e. The number of para-hydroxylation sites is 2. The van der Waals surface area contributed by atoms with Crippen LogP contribution >= 0.6 is 11.3 Å². The highest BCUT2D eigenvalue weighted by Gasteiger charge is 2.77. The molecule has 4 aliphatic rings. The van der Waals surface area contributed by atoms with Crippen molar-refractivity contribution in [1.29, 1.82) is 0 Å². The molecule has 2 aromatic rings. The number of allylic oxidation sites excluding steroid dienone is 1. The van der Waals surface area contributed by atoms with Crippen molar-refractivity contribution in [2.75, 3.05) is 22.5 Å². The molecule has 6 rings (SSSR count). The normalized spacial score (nSPS) is 26.6. The van der Waals surface area contributed by atoms with Crippen LogP contribution in [0, 0.1) is 16.7 Å². The van der Waals surface area contributed by atoms with Gasteiger partial charge in [-0.2, -0.15) is 0 Å². The Morgan fingerprint density at radius 2 is 1.81 bits per heavy atom. The number of carbonyl (C=O) groups excluding carboxylic acids is 5. The molecule has 2 unspecified atom stereocenters. The van der Waals surface area contributed by atoms with E-state index in [0.29, 0.717) is 48.7 Å². The number of rotatable bonds is 7. The van der Waals surface area contributed by atoms with Crippen LogP contribution in [0.4, 0.5) is 16.5 Å². The molecule has 1 aromatic carbocycles. The molecule has 1 aromatic heterocycles. The lowest BCUT2D eigenvalue weighted by atomic mass is 9.97. The van der Waals surface area contributed by atoms with Crippen LogP contribution < -0.4 is 21.3 Å². The monoisotopic (exact) mass is 674 g/mol. The minimum atomic E-state index is -1.12. The van der Waals surface area contributed by atoms with E-state index >= 15 is 0 Å². The van der Waals surface area contributed by atoms with Gasteiger partial charge in [0.2, 0.25) is 23.5 Å². The number of anilines is 3. The second kappa shape index (κ2) is 13.8. The van der Waals surface area contributed by atoms with Crippen molar-refractivity contribution in [3.8, 4) is 0 Å². The fourth-order valence-electron chi connectivity index (χ4n) is 7.43. The first-order valence-corrected chi connectivity index (χ1v) is 18.1. The zero-order chi connectivity index (χ0) is 34.1. The van der Waals surface area contributed by atoms with Crippen molar-refractivity contribution in [2.45, 2.75) is 103 Å². The summed E-state index contributed by atoms with van der Waals surface area (Å²) in [4.78, 5) is 74.3. The van der Waals surface area contributed by atoms with Crippen molar-refractivity contribution in [3.63, 3.8) is 0 Å². The first kappa shape index (κ1) is 33.8. The predicted octanol–water partition coefficient (Wildman–Crippen LogP) is 5.06. The Hall–Kier alpha value is -4.06. The first-order valence-electron chi connectivity index (χ1n) is 17.3. The van der Waals surface area contributed by atoms with Crippen molar-refractivity contribution < 1.29 is 24.0 Å². The van der Waals surface area contributed by atoms with E-state index in [9.17, 15) is 24.0 Å². The topological polar surface area (TPSA) is 150 Å². The van der Waals surface area contributed by atoms with Gasteiger partial charge in [-0.25, -0.2) is 4.98 Å². The van der Waals surface area contributed by atoms with E-state index in [0.717, 1.165) is 37.8 Å². The molecule has 0 radical (unpaired) electrons. The first-order chi connectivity index (χ1) is 23.0. The third kappa shape index (κ3) is 7.04. The van der Waals surface area contributed by atoms with Gasteiger partial charge in [0.1, 0.15) is 18.1 Å². The van der Waals surface area contributed by atoms with E-state index in [1.807, 2.05) is 32.2 Å². The zero-order valence-electron chi connectivity index (χ0n) is 28.0. The lowest BCUT2D eigenvalue weighted by Crippen LogP contribution is -2.55. The Morgan fingerprint density at radius 1 is 1.06 bits per heavy atom. The number of benzene rings is 1. The van der Waals surface area contributed by atoms with Gasteiger partial charge in [-0.05, 0) is 86.7 Å². The lowest BCUT2D eigenvalue weighted by Gasteiger charge is -2.31. The van der Waals surface area contributed by atoms with Crippen LogP contribution in [0.5, 0.6) is 0 Å². The highest BCUT2D eigenvalue weighted by molar-refractivity contribution is 7.13. The maximum atomic E-state index is 14.3. The van der Waals surface area contributed by atoms with Gasteiger partial charge in [-0.3, -0.25) is 24.0 Å². The lowest BCUT2D eigenvalue weighted by molar-refractivity contribution is -0.141. The Labute approximate surface area is 285 Å². The molecule has 4 atom stereocenters. The van der Waals surface area contributed by atoms with Gasteiger partial charge in [0.25, 0.3) is 5.91 Å². The smallest absolute Gasteiger partial charge is 0.294 e. The number of Topliss-reactive ketones (excluding diaryl/α,β-unsaturated/α-hetero) is 1. The van der Waals surface area contributed by atoms with Gasteiger partial charge in [-0.15, -0.1) is 11.3 Å². The van der Waals surface area contributed by atoms with Gasteiger partial charge < -0.3 is 26.2 Å². The molecular formula is C36H46N6O5S. The van der Waals surface area contributed by atoms with Crippen LogP contribution in [0.2, 0.25) is 0 Å². The summed E-state index contributed by atoms with van der Waals surface area (Å²) < 4.78 is 0. The number of aryl methyl sites for hydroxylation is 1. The molecule has 1 saturated heterocycles. The van der Waals surface area contributed by atoms with Crippen molar-refractivity contribution in [2.24, 2.45) is 16.7 Å². The zero-order valence-corrected chi connectivity index (χ0v) is 28.8. The molecule has 2 aliphatic carbocycles. The SMILES string of the molecule is CCc1csc(NC(C(=O)N2CC3(C[C@H]2C(=O)N[C@@H]2C/C=C/CCCCC(=O)Nc4ccccc4NC(=O)C2=O)CC32CC2)C(C)C)n1. The summed E-state index contributed by atoms with van der Waals surface area (Å²) in [6.45, 7) is 6.51. The van der Waals surface area contributed by atoms with E-state index < -0.39 is 35.7 Å². The van der Waals surface area contributed by atoms with E-state index in [1.54, 1.807) is 35.2 Å². The Balaban J connectivity index is 1.22. The fourth-order valence-corrected chi connectivity index (χ4v) is 8.27. The molecule has 3 fully saturated rings. The number of nitrogens with zero attached hydrogens (tertiary/aromatic N) is 2. The molecule has 48 heavy (non-hydrogen) atoms. The van der Waals surface area contributed by atoms with Crippen molar-refractivity contribution >= 4 is 57.3 Å². The highest BCUT2D eigenvalue weighted by atomic mass is 32.1. The van der Waals surface area contributed by atoms with Crippen molar-refractivity contribution in [3.05, 3.63) is 47.5 Å². The number of aromatic nitrogens is 1. The number of thiazole rings is 1. The minimum Gasteiger partial charge on any atom is -0.350 e. The van der Waals surface area contributed by atoms with Gasteiger partial charge in [0.05, 0.1) is 17.1 Å². The molecule has 4 N–H and O–H groups in total. The summed E-state index contributed by atoms with van der Waals surface area (Å²) in [5.74, 6) is -2.49.